The SMILES string of the molecule is NS(=O)(=O)CCCCCCCCCOCC1CCCCC1. The van der Waals surface area contributed by atoms with Crippen LogP contribution in [-0.2, 0) is 14.8 Å². The molecule has 0 spiro atoms. The molecule has 0 heterocycles. The van der Waals surface area contributed by atoms with Crippen molar-refractivity contribution in [2.24, 2.45) is 11.1 Å². The van der Waals surface area contributed by atoms with E-state index in [4.69, 9.17) is 9.88 Å². The van der Waals surface area contributed by atoms with Gasteiger partial charge in [-0.25, -0.2) is 13.6 Å². The first-order valence-corrected chi connectivity index (χ1v) is 10.4. The second kappa shape index (κ2) is 11.4. The lowest BCUT2D eigenvalue weighted by molar-refractivity contribution is 0.0824. The Kier molecular flexibility index (Phi) is 10.3. The summed E-state index contributed by atoms with van der Waals surface area (Å²) in [5, 5.41) is 4.96. The molecule has 4 nitrogen and oxygen atoms in total. The lowest BCUT2D eigenvalue weighted by atomic mass is 9.90. The molecule has 0 amide bonds. The van der Waals surface area contributed by atoms with E-state index < -0.39 is 10.0 Å². The highest BCUT2D eigenvalue weighted by Gasteiger charge is 2.12. The molecule has 0 aliphatic heterocycles. The molecule has 0 aromatic heterocycles. The summed E-state index contributed by atoms with van der Waals surface area (Å²) in [7, 11) is -3.26. The minimum atomic E-state index is -3.26. The van der Waals surface area contributed by atoms with Gasteiger partial charge in [-0.2, -0.15) is 0 Å². The Bertz CT molecular complexity index is 337. The molecular weight excluding hydrogens is 286 g/mol. The van der Waals surface area contributed by atoms with Gasteiger partial charge in [-0.15, -0.1) is 0 Å². The van der Waals surface area contributed by atoms with Gasteiger partial charge in [-0.05, 0) is 31.6 Å². The van der Waals surface area contributed by atoms with Gasteiger partial charge in [-0.3, -0.25) is 0 Å². The lowest BCUT2D eigenvalue weighted by Gasteiger charge is -2.21. The van der Waals surface area contributed by atoms with Crippen LogP contribution in [0.1, 0.15) is 77.0 Å². The molecule has 126 valence electrons. The molecule has 1 saturated carbocycles. The van der Waals surface area contributed by atoms with Crippen molar-refractivity contribution in [1.29, 1.82) is 0 Å². The van der Waals surface area contributed by atoms with Crippen molar-refractivity contribution < 1.29 is 13.2 Å². The molecule has 0 bridgehead atoms. The summed E-state index contributed by atoms with van der Waals surface area (Å²) in [4.78, 5) is 0. The molecule has 1 aliphatic carbocycles. The number of rotatable bonds is 12. The van der Waals surface area contributed by atoms with Gasteiger partial charge in [0.25, 0.3) is 0 Å². The molecule has 0 unspecified atom stereocenters. The van der Waals surface area contributed by atoms with Gasteiger partial charge in [-0.1, -0.05) is 51.4 Å². The summed E-state index contributed by atoms with van der Waals surface area (Å²) in [5.74, 6) is 0.944. The van der Waals surface area contributed by atoms with E-state index in [2.05, 4.69) is 0 Å². The summed E-state index contributed by atoms with van der Waals surface area (Å²) in [6.07, 6.45) is 14.5. The van der Waals surface area contributed by atoms with E-state index in [1.165, 1.54) is 51.4 Å². The molecule has 21 heavy (non-hydrogen) atoms. The minimum absolute atomic E-state index is 0.127. The molecular formula is C16H33NO3S. The monoisotopic (exact) mass is 319 g/mol. The third kappa shape index (κ3) is 12.1. The van der Waals surface area contributed by atoms with Crippen LogP contribution in [0.15, 0.2) is 0 Å². The molecule has 2 N–H and O–H groups in total. The third-order valence-electron chi connectivity index (χ3n) is 4.30. The Morgan fingerprint density at radius 3 is 2.05 bits per heavy atom. The highest BCUT2D eigenvalue weighted by molar-refractivity contribution is 7.89. The van der Waals surface area contributed by atoms with E-state index in [1.54, 1.807) is 0 Å². The van der Waals surface area contributed by atoms with Crippen LogP contribution in [0.5, 0.6) is 0 Å². The van der Waals surface area contributed by atoms with Crippen LogP contribution in [0, 0.1) is 5.92 Å². The third-order valence-corrected chi connectivity index (χ3v) is 5.15. The summed E-state index contributed by atoms with van der Waals surface area (Å²) >= 11 is 0. The van der Waals surface area contributed by atoms with Crippen molar-refractivity contribution in [1.82, 2.24) is 0 Å². The van der Waals surface area contributed by atoms with Crippen molar-refractivity contribution in [2.75, 3.05) is 19.0 Å². The zero-order valence-electron chi connectivity index (χ0n) is 13.4. The number of sulfonamides is 1. The fourth-order valence-electron chi connectivity index (χ4n) is 3.00. The molecule has 0 saturated heterocycles. The zero-order valence-corrected chi connectivity index (χ0v) is 14.2. The molecule has 0 aromatic rings. The number of hydrogen-bond acceptors (Lipinski definition) is 3. The van der Waals surface area contributed by atoms with Crippen molar-refractivity contribution in [3.63, 3.8) is 0 Å². The number of nitrogens with two attached hydrogens (primary N) is 1. The summed E-state index contributed by atoms with van der Waals surface area (Å²) in [6.45, 7) is 1.87. The molecule has 0 radical (unpaired) electrons. The molecule has 0 atom stereocenters. The number of ether oxygens (including phenoxy) is 1. The Labute approximate surface area is 130 Å². The topological polar surface area (TPSA) is 69.4 Å². The lowest BCUT2D eigenvalue weighted by Crippen LogP contribution is -2.16. The van der Waals surface area contributed by atoms with Crippen LogP contribution < -0.4 is 5.14 Å². The standard InChI is InChI=1S/C16H33NO3S/c17-21(18,19)14-10-5-3-1-2-4-9-13-20-15-16-11-7-6-8-12-16/h16H,1-15H2,(H2,17,18,19). The maximum atomic E-state index is 10.7. The average Bonchev–Trinajstić information content (AvgIpc) is 2.44. The van der Waals surface area contributed by atoms with Crippen molar-refractivity contribution in [3.05, 3.63) is 0 Å². The molecule has 1 fully saturated rings. The van der Waals surface area contributed by atoms with E-state index >= 15 is 0 Å². The van der Waals surface area contributed by atoms with Gasteiger partial charge in [0, 0.05) is 13.2 Å². The van der Waals surface area contributed by atoms with Crippen LogP contribution in [0.25, 0.3) is 0 Å². The van der Waals surface area contributed by atoms with Gasteiger partial charge in [0.05, 0.1) is 5.75 Å². The Morgan fingerprint density at radius 1 is 0.857 bits per heavy atom. The maximum Gasteiger partial charge on any atom is 0.209 e. The Hall–Kier alpha value is -0.130. The minimum Gasteiger partial charge on any atom is -0.381 e. The van der Waals surface area contributed by atoms with Gasteiger partial charge >= 0.3 is 0 Å². The highest BCUT2D eigenvalue weighted by Crippen LogP contribution is 2.23. The Balaban J connectivity index is 1.76. The van der Waals surface area contributed by atoms with Gasteiger partial charge in [0.2, 0.25) is 10.0 Å². The first kappa shape index (κ1) is 18.9. The van der Waals surface area contributed by atoms with E-state index in [1.807, 2.05) is 0 Å². The van der Waals surface area contributed by atoms with E-state index in [0.29, 0.717) is 6.42 Å². The number of unbranched alkanes of at least 4 members (excludes halogenated alkanes) is 6. The molecule has 1 rings (SSSR count). The first-order chi connectivity index (χ1) is 10.1. The van der Waals surface area contributed by atoms with Crippen molar-refractivity contribution in [2.45, 2.75) is 77.0 Å². The molecule has 0 aromatic carbocycles. The van der Waals surface area contributed by atoms with E-state index in [9.17, 15) is 8.42 Å². The van der Waals surface area contributed by atoms with Gasteiger partial charge < -0.3 is 4.74 Å². The summed E-state index contributed by atoms with van der Waals surface area (Å²) < 4.78 is 27.3. The van der Waals surface area contributed by atoms with Crippen molar-refractivity contribution in [3.8, 4) is 0 Å². The summed E-state index contributed by atoms with van der Waals surface area (Å²) in [5.41, 5.74) is 0. The largest absolute Gasteiger partial charge is 0.381 e. The first-order valence-electron chi connectivity index (χ1n) is 8.66. The average molecular weight is 320 g/mol. The fraction of sp³-hybridized carbons (Fsp3) is 1.00. The van der Waals surface area contributed by atoms with E-state index in [0.717, 1.165) is 38.4 Å². The predicted molar refractivity (Wildman–Crippen MR) is 87.7 cm³/mol. The Morgan fingerprint density at radius 2 is 1.43 bits per heavy atom. The quantitative estimate of drug-likeness (QED) is 0.559. The van der Waals surface area contributed by atoms with Crippen LogP contribution in [-0.4, -0.2) is 27.4 Å². The van der Waals surface area contributed by atoms with Crippen molar-refractivity contribution >= 4 is 10.0 Å². The molecule has 5 heteroatoms. The van der Waals surface area contributed by atoms with Gasteiger partial charge in [0.1, 0.15) is 0 Å². The van der Waals surface area contributed by atoms with Crippen LogP contribution in [0.2, 0.25) is 0 Å². The second-order valence-electron chi connectivity index (χ2n) is 6.42. The van der Waals surface area contributed by atoms with E-state index in [-0.39, 0.29) is 5.75 Å². The second-order valence-corrected chi connectivity index (χ2v) is 8.15. The predicted octanol–water partition coefficient (Wildman–Crippen LogP) is 3.60. The smallest absolute Gasteiger partial charge is 0.209 e. The number of hydrogen-bond donors (Lipinski definition) is 1. The zero-order chi connectivity index (χ0) is 15.4. The van der Waals surface area contributed by atoms with Crippen LogP contribution in [0.4, 0.5) is 0 Å². The maximum absolute atomic E-state index is 10.7. The molecule has 1 aliphatic rings. The highest BCUT2D eigenvalue weighted by atomic mass is 32.2. The van der Waals surface area contributed by atoms with Crippen LogP contribution >= 0.6 is 0 Å². The van der Waals surface area contributed by atoms with Crippen LogP contribution in [0.3, 0.4) is 0 Å². The van der Waals surface area contributed by atoms with Gasteiger partial charge in [0.15, 0.2) is 0 Å². The fourth-order valence-corrected chi connectivity index (χ4v) is 3.60. The number of primary sulfonamides is 1. The normalized spacial score (nSPS) is 17.2. The summed E-state index contributed by atoms with van der Waals surface area (Å²) in [6, 6.07) is 0.